The van der Waals surface area contributed by atoms with Gasteiger partial charge >= 0.3 is 6.03 Å². The highest BCUT2D eigenvalue weighted by molar-refractivity contribution is 5.89. The highest BCUT2D eigenvalue weighted by atomic mass is 16.5. The number of amides is 2. The van der Waals surface area contributed by atoms with Crippen molar-refractivity contribution in [3.8, 4) is 0 Å². The van der Waals surface area contributed by atoms with Gasteiger partial charge in [0.2, 0.25) is 0 Å². The van der Waals surface area contributed by atoms with E-state index in [1.54, 1.807) is 0 Å². The summed E-state index contributed by atoms with van der Waals surface area (Å²) in [6, 6.07) is 7.55. The maximum atomic E-state index is 12.2. The molecule has 0 radical (unpaired) electrons. The van der Waals surface area contributed by atoms with Crippen molar-refractivity contribution in [1.82, 2.24) is 4.90 Å². The van der Waals surface area contributed by atoms with Crippen LogP contribution in [0.1, 0.15) is 25.3 Å². The second kappa shape index (κ2) is 7.26. The van der Waals surface area contributed by atoms with E-state index in [-0.39, 0.29) is 12.1 Å². The summed E-state index contributed by atoms with van der Waals surface area (Å²) in [7, 11) is 0. The quantitative estimate of drug-likeness (QED) is 0.886. The van der Waals surface area contributed by atoms with Crippen LogP contribution in [0.3, 0.4) is 0 Å². The summed E-state index contributed by atoms with van der Waals surface area (Å²) in [6.07, 6.45) is 2.19. The number of carbonyl (C=O) groups is 1. The number of carbonyl (C=O) groups excluding carboxylic acids is 1. The van der Waals surface area contributed by atoms with Gasteiger partial charge in [0.05, 0.1) is 6.10 Å². The summed E-state index contributed by atoms with van der Waals surface area (Å²) >= 11 is 0. The summed E-state index contributed by atoms with van der Waals surface area (Å²) in [5.41, 5.74) is 7.40. The van der Waals surface area contributed by atoms with E-state index in [2.05, 4.69) is 5.32 Å². The molecule has 0 aliphatic carbocycles. The third-order valence-electron chi connectivity index (χ3n) is 3.51. The highest BCUT2D eigenvalue weighted by Gasteiger charge is 2.23. The van der Waals surface area contributed by atoms with Crippen molar-refractivity contribution in [3.05, 3.63) is 29.8 Å². The normalized spacial score (nSPS) is 18.9. The van der Waals surface area contributed by atoms with Crippen molar-refractivity contribution in [3.63, 3.8) is 0 Å². The predicted octanol–water partition coefficient (Wildman–Crippen LogP) is 2.18. The molecule has 1 aromatic rings. The lowest BCUT2D eigenvalue weighted by molar-refractivity contribution is 0.0181. The van der Waals surface area contributed by atoms with Crippen LogP contribution in [0.4, 0.5) is 10.5 Å². The molecular formula is C15H23N3O2. The van der Waals surface area contributed by atoms with E-state index >= 15 is 0 Å². The Morgan fingerprint density at radius 2 is 2.20 bits per heavy atom. The molecule has 0 aromatic heterocycles. The SMILES string of the molecule is CCOC1CCCN(C(=O)Nc2ccc(CN)cc2)C1. The van der Waals surface area contributed by atoms with Crippen LogP contribution >= 0.6 is 0 Å². The Morgan fingerprint density at radius 3 is 2.85 bits per heavy atom. The molecule has 5 heteroatoms. The monoisotopic (exact) mass is 277 g/mol. The number of nitrogens with one attached hydrogen (secondary N) is 1. The van der Waals surface area contributed by atoms with Gasteiger partial charge in [-0.15, -0.1) is 0 Å². The first-order valence-electron chi connectivity index (χ1n) is 7.19. The second-order valence-electron chi connectivity index (χ2n) is 5.00. The molecule has 0 bridgehead atoms. The van der Waals surface area contributed by atoms with E-state index in [1.807, 2.05) is 36.1 Å². The minimum atomic E-state index is -0.0603. The number of hydrogen-bond acceptors (Lipinski definition) is 3. The standard InChI is InChI=1S/C15H23N3O2/c1-2-20-14-4-3-9-18(11-14)15(19)17-13-7-5-12(10-16)6-8-13/h5-8,14H,2-4,9-11,16H2,1H3,(H,17,19). The van der Waals surface area contributed by atoms with Crippen LogP contribution in [0.25, 0.3) is 0 Å². The lowest BCUT2D eigenvalue weighted by atomic mass is 10.1. The molecule has 1 saturated heterocycles. The van der Waals surface area contributed by atoms with Crippen LogP contribution in [-0.4, -0.2) is 36.7 Å². The van der Waals surface area contributed by atoms with Gasteiger partial charge < -0.3 is 20.7 Å². The van der Waals surface area contributed by atoms with Gasteiger partial charge in [-0.2, -0.15) is 0 Å². The van der Waals surface area contributed by atoms with E-state index in [0.717, 1.165) is 30.6 Å². The fourth-order valence-electron chi connectivity index (χ4n) is 2.42. The number of rotatable bonds is 4. The predicted molar refractivity (Wildman–Crippen MR) is 79.6 cm³/mol. The van der Waals surface area contributed by atoms with Crippen molar-refractivity contribution in [2.24, 2.45) is 5.73 Å². The summed E-state index contributed by atoms with van der Waals surface area (Å²) < 4.78 is 5.61. The first-order chi connectivity index (χ1) is 9.72. The van der Waals surface area contributed by atoms with Crippen molar-refractivity contribution < 1.29 is 9.53 Å². The van der Waals surface area contributed by atoms with Gasteiger partial charge in [-0.1, -0.05) is 12.1 Å². The second-order valence-corrected chi connectivity index (χ2v) is 5.00. The minimum Gasteiger partial charge on any atom is -0.377 e. The molecule has 1 atom stereocenters. The van der Waals surface area contributed by atoms with Gasteiger partial charge in [0.1, 0.15) is 0 Å². The molecule has 0 saturated carbocycles. The number of anilines is 1. The molecule has 1 aliphatic heterocycles. The zero-order valence-electron chi connectivity index (χ0n) is 12.0. The fourth-order valence-corrected chi connectivity index (χ4v) is 2.42. The Kier molecular flexibility index (Phi) is 5.38. The average Bonchev–Trinajstić information content (AvgIpc) is 2.48. The number of nitrogens with zero attached hydrogens (tertiary/aromatic N) is 1. The molecule has 20 heavy (non-hydrogen) atoms. The largest absolute Gasteiger partial charge is 0.377 e. The topological polar surface area (TPSA) is 67.6 Å². The number of nitrogens with two attached hydrogens (primary N) is 1. The van der Waals surface area contributed by atoms with E-state index in [9.17, 15) is 4.79 Å². The molecule has 110 valence electrons. The van der Waals surface area contributed by atoms with Gasteiger partial charge in [0.25, 0.3) is 0 Å². The van der Waals surface area contributed by atoms with Crippen LogP contribution in [-0.2, 0) is 11.3 Å². The van der Waals surface area contributed by atoms with Crippen molar-refractivity contribution in [1.29, 1.82) is 0 Å². The Balaban J connectivity index is 1.89. The molecular weight excluding hydrogens is 254 g/mol. The van der Waals surface area contributed by atoms with Crippen molar-refractivity contribution in [2.45, 2.75) is 32.4 Å². The molecule has 0 spiro atoms. The Labute approximate surface area is 120 Å². The summed E-state index contributed by atoms with van der Waals surface area (Å²) in [6.45, 7) is 4.64. The number of ether oxygens (including phenoxy) is 1. The van der Waals surface area contributed by atoms with Crippen LogP contribution in [0, 0.1) is 0 Å². The maximum absolute atomic E-state index is 12.2. The fraction of sp³-hybridized carbons (Fsp3) is 0.533. The van der Waals surface area contributed by atoms with Crippen molar-refractivity contribution in [2.75, 3.05) is 25.0 Å². The number of hydrogen-bond donors (Lipinski definition) is 2. The average molecular weight is 277 g/mol. The lowest BCUT2D eigenvalue weighted by Gasteiger charge is -2.32. The molecule has 3 N–H and O–H groups in total. The molecule has 1 aliphatic rings. The molecule has 5 nitrogen and oxygen atoms in total. The third kappa shape index (κ3) is 3.95. The van der Waals surface area contributed by atoms with Gasteiger partial charge in [-0.3, -0.25) is 0 Å². The summed E-state index contributed by atoms with van der Waals surface area (Å²) in [4.78, 5) is 14.0. The Bertz CT molecular complexity index is 431. The third-order valence-corrected chi connectivity index (χ3v) is 3.51. The molecule has 1 fully saturated rings. The number of likely N-dealkylation sites (tertiary alicyclic amines) is 1. The van der Waals surface area contributed by atoms with Gasteiger partial charge in [-0.25, -0.2) is 4.79 Å². The number of urea groups is 1. The summed E-state index contributed by atoms with van der Waals surface area (Å²) in [5, 5.41) is 2.92. The summed E-state index contributed by atoms with van der Waals surface area (Å²) in [5.74, 6) is 0. The first kappa shape index (κ1) is 14.8. The molecule has 1 heterocycles. The highest BCUT2D eigenvalue weighted by Crippen LogP contribution is 2.15. The smallest absolute Gasteiger partial charge is 0.321 e. The lowest BCUT2D eigenvalue weighted by Crippen LogP contribution is -2.45. The van der Waals surface area contributed by atoms with Crippen molar-refractivity contribution >= 4 is 11.7 Å². The molecule has 2 amide bonds. The molecule has 2 rings (SSSR count). The van der Waals surface area contributed by atoms with E-state index in [1.165, 1.54) is 0 Å². The number of piperidine rings is 1. The maximum Gasteiger partial charge on any atom is 0.321 e. The first-order valence-corrected chi connectivity index (χ1v) is 7.19. The van der Waals surface area contributed by atoms with E-state index in [0.29, 0.717) is 19.7 Å². The van der Waals surface area contributed by atoms with Crippen LogP contribution < -0.4 is 11.1 Å². The Morgan fingerprint density at radius 1 is 1.45 bits per heavy atom. The number of benzene rings is 1. The zero-order chi connectivity index (χ0) is 14.4. The van der Waals surface area contributed by atoms with Crippen LogP contribution in [0.2, 0.25) is 0 Å². The van der Waals surface area contributed by atoms with Gasteiger partial charge in [-0.05, 0) is 37.5 Å². The molecule has 1 aromatic carbocycles. The van der Waals surface area contributed by atoms with Crippen LogP contribution in [0.5, 0.6) is 0 Å². The van der Waals surface area contributed by atoms with Gasteiger partial charge in [0, 0.05) is 31.9 Å². The van der Waals surface area contributed by atoms with E-state index < -0.39 is 0 Å². The van der Waals surface area contributed by atoms with Crippen LogP contribution in [0.15, 0.2) is 24.3 Å². The minimum absolute atomic E-state index is 0.0603. The van der Waals surface area contributed by atoms with Gasteiger partial charge in [0.15, 0.2) is 0 Å². The molecule has 1 unspecified atom stereocenters. The zero-order valence-corrected chi connectivity index (χ0v) is 12.0. The Hall–Kier alpha value is -1.59. The van der Waals surface area contributed by atoms with E-state index in [4.69, 9.17) is 10.5 Å².